The van der Waals surface area contributed by atoms with Crippen molar-refractivity contribution in [1.82, 2.24) is 15.1 Å². The lowest BCUT2D eigenvalue weighted by Gasteiger charge is -2.71. The number of halogens is 1. The van der Waals surface area contributed by atoms with Crippen LogP contribution in [0.15, 0.2) is 58.7 Å². The minimum absolute atomic E-state index is 0.00978. The van der Waals surface area contributed by atoms with E-state index in [1.165, 1.54) is 28.7 Å². The molecule has 7 rings (SSSR count). The van der Waals surface area contributed by atoms with Crippen molar-refractivity contribution < 1.29 is 19.5 Å². The zero-order chi connectivity index (χ0) is 42.0. The summed E-state index contributed by atoms with van der Waals surface area (Å²) < 4.78 is 0. The van der Waals surface area contributed by atoms with Gasteiger partial charge in [0.15, 0.2) is 5.78 Å². The van der Waals surface area contributed by atoms with Crippen LogP contribution in [0.3, 0.4) is 0 Å². The van der Waals surface area contributed by atoms with E-state index in [4.69, 9.17) is 11.6 Å². The molecule has 6 aliphatic carbocycles. The van der Waals surface area contributed by atoms with Gasteiger partial charge in [0.2, 0.25) is 5.91 Å². The normalized spacial score (nSPS) is 35.6. The third-order valence-corrected chi connectivity index (χ3v) is 17.7. The molecule has 318 valence electrons. The zero-order valence-corrected chi connectivity index (χ0v) is 37.9. The van der Waals surface area contributed by atoms with Gasteiger partial charge in [-0.3, -0.25) is 19.3 Å². The number of Topliss-reactive ketones (excluding diaryl/α,β-unsaturated/α-hetero) is 1. The fraction of sp³-hybridized carbons (Fsp3) is 0.700. The minimum Gasteiger partial charge on any atom is -0.481 e. The van der Waals surface area contributed by atoms with Gasteiger partial charge in [-0.2, -0.15) is 0 Å². The summed E-state index contributed by atoms with van der Waals surface area (Å²) in [6.45, 7) is 20.9. The van der Waals surface area contributed by atoms with E-state index in [9.17, 15) is 19.5 Å². The summed E-state index contributed by atoms with van der Waals surface area (Å²) in [7, 11) is 4.18. The number of carboxylic acid groups (broad SMARTS) is 1. The van der Waals surface area contributed by atoms with Gasteiger partial charge in [0.05, 0.1) is 11.3 Å². The number of allylic oxidation sites excluding steroid dienone is 5. The van der Waals surface area contributed by atoms with E-state index < -0.39 is 11.4 Å². The van der Waals surface area contributed by atoms with Crippen LogP contribution in [-0.4, -0.2) is 72.8 Å². The Morgan fingerprint density at radius 2 is 1.62 bits per heavy atom. The number of nitrogens with one attached hydrogen (secondary N) is 1. The Kier molecular flexibility index (Phi) is 11.9. The number of carbonyl (C=O) groups excluding carboxylic acids is 2. The van der Waals surface area contributed by atoms with Crippen LogP contribution in [0, 0.1) is 56.7 Å². The number of carboxylic acids is 1. The second-order valence-electron chi connectivity index (χ2n) is 21.3. The molecule has 6 aliphatic rings. The lowest BCUT2D eigenvalue weighted by Crippen LogP contribution is -2.64. The fourth-order valence-corrected chi connectivity index (χ4v) is 14.4. The van der Waals surface area contributed by atoms with E-state index in [1.54, 1.807) is 0 Å². The lowest BCUT2D eigenvalue weighted by molar-refractivity contribution is -0.199. The molecule has 0 heterocycles. The van der Waals surface area contributed by atoms with Crippen LogP contribution in [0.2, 0.25) is 5.02 Å². The molecule has 0 aromatic heterocycles. The van der Waals surface area contributed by atoms with Gasteiger partial charge < -0.3 is 15.3 Å². The maximum atomic E-state index is 14.8. The zero-order valence-electron chi connectivity index (χ0n) is 37.1. The van der Waals surface area contributed by atoms with Gasteiger partial charge in [-0.1, -0.05) is 84.4 Å². The molecule has 0 saturated heterocycles. The maximum absolute atomic E-state index is 14.8. The largest absolute Gasteiger partial charge is 0.481 e. The Hall–Kier alpha value is -2.74. The molecule has 7 nitrogen and oxygen atoms in total. The Morgan fingerprint density at radius 3 is 2.26 bits per heavy atom. The van der Waals surface area contributed by atoms with Gasteiger partial charge >= 0.3 is 5.97 Å². The molecule has 5 unspecified atom stereocenters. The van der Waals surface area contributed by atoms with Crippen molar-refractivity contribution in [3.63, 3.8) is 0 Å². The van der Waals surface area contributed by atoms with E-state index >= 15 is 0 Å². The molecule has 58 heavy (non-hydrogen) atoms. The van der Waals surface area contributed by atoms with Gasteiger partial charge in [0.1, 0.15) is 0 Å². The summed E-state index contributed by atoms with van der Waals surface area (Å²) in [5.41, 5.74) is 5.70. The first-order chi connectivity index (χ1) is 27.3. The highest BCUT2D eigenvalue weighted by atomic mass is 35.5. The summed E-state index contributed by atoms with van der Waals surface area (Å²) in [5.74, 6) is 0.721. The van der Waals surface area contributed by atoms with Crippen LogP contribution in [-0.2, 0) is 20.9 Å². The molecule has 1 aromatic carbocycles. The fourth-order valence-electron chi connectivity index (χ4n) is 14.3. The van der Waals surface area contributed by atoms with Crippen molar-refractivity contribution in [3.05, 3.63) is 69.3 Å². The van der Waals surface area contributed by atoms with Crippen LogP contribution >= 0.6 is 11.6 Å². The average molecular weight is 815 g/mol. The number of hydrogen-bond donors (Lipinski definition) is 2. The number of aliphatic carboxylic acids is 1. The monoisotopic (exact) mass is 814 g/mol. The van der Waals surface area contributed by atoms with Crippen molar-refractivity contribution in [2.75, 3.05) is 40.3 Å². The number of fused-ring (bicyclic) bond motifs is 7. The second kappa shape index (κ2) is 15.9. The van der Waals surface area contributed by atoms with Crippen molar-refractivity contribution in [2.24, 2.45) is 56.7 Å². The lowest BCUT2D eigenvalue weighted by atomic mass is 9.33. The van der Waals surface area contributed by atoms with E-state index in [-0.39, 0.29) is 51.1 Å². The number of carbonyl (C=O) groups is 3. The van der Waals surface area contributed by atoms with Gasteiger partial charge in [-0.15, -0.1) is 0 Å². The van der Waals surface area contributed by atoms with Crippen LogP contribution < -0.4 is 5.32 Å². The first kappa shape index (κ1) is 43.4. The smallest absolute Gasteiger partial charge is 0.306 e. The quantitative estimate of drug-likeness (QED) is 0.219. The molecule has 3 saturated carbocycles. The number of rotatable bonds is 12. The Labute approximate surface area is 354 Å². The first-order valence-electron chi connectivity index (χ1n) is 22.6. The van der Waals surface area contributed by atoms with Gasteiger partial charge in [-0.25, -0.2) is 0 Å². The third kappa shape index (κ3) is 7.19. The Bertz CT molecular complexity index is 1880. The molecular weight excluding hydrogens is 742 g/mol. The summed E-state index contributed by atoms with van der Waals surface area (Å²) in [5, 5.41) is 13.8. The molecule has 0 bridgehead atoms. The summed E-state index contributed by atoms with van der Waals surface area (Å²) in [6.07, 6.45) is 14.6. The molecule has 0 spiro atoms. The van der Waals surface area contributed by atoms with E-state index in [1.807, 2.05) is 12.1 Å². The predicted molar refractivity (Wildman–Crippen MR) is 234 cm³/mol. The number of nitrogens with zero attached hydrogens (tertiary/aromatic N) is 2. The number of amides is 1. The van der Waals surface area contributed by atoms with Crippen LogP contribution in [0.5, 0.6) is 0 Å². The topological polar surface area (TPSA) is 89.9 Å². The van der Waals surface area contributed by atoms with E-state index in [2.05, 4.69) is 102 Å². The van der Waals surface area contributed by atoms with Crippen molar-refractivity contribution in [2.45, 2.75) is 126 Å². The molecule has 1 amide bonds. The molecule has 1 aromatic rings. The SMILES string of the molecule is CC(C)C1=C2C3CC[C@@H]4C5(C)CC=C(C6=CCC(C(=O)O)CC6)C(C)(C)C5CC[C@@]4(C)[C@]3(C)CCC2(C(=O)NCCN(CCN(C)C)Cc2ccc(Cl)cc2)CC1=O. The summed E-state index contributed by atoms with van der Waals surface area (Å²) in [4.78, 5) is 45.4. The molecule has 3 fully saturated rings. The van der Waals surface area contributed by atoms with Gasteiger partial charge in [0, 0.05) is 44.2 Å². The predicted octanol–water partition coefficient (Wildman–Crippen LogP) is 10.1. The molecule has 2 N–H and O–H groups in total. The molecule has 8 heteroatoms. The standard InChI is InChI=1S/C50H72ClN3O4/c1-32(2)42-39(55)30-50(45(58)52-26-27-54(29-28-53(8)9)31-33-10-16-36(51)17-11-33)25-24-48(6)38(43(42)50)18-19-41-47(5)22-20-37(34-12-14-35(15-13-34)44(56)57)46(3,4)40(47)21-23-49(41,48)7/h10-12,16-17,20,32,35,38,40-41H,13-15,18-19,21-31H2,1-9H3,(H,52,58)(H,56,57)/t35?,38?,40?,41-,47?,48-,49-,50?/m1/s1. The molecular formula is C50H72ClN3O4. The summed E-state index contributed by atoms with van der Waals surface area (Å²) in [6, 6.07) is 8.04. The van der Waals surface area contributed by atoms with Crippen molar-refractivity contribution in [3.8, 4) is 0 Å². The number of hydrogen-bond acceptors (Lipinski definition) is 5. The van der Waals surface area contributed by atoms with Gasteiger partial charge in [-0.05, 0) is 164 Å². The molecule has 0 aliphatic heterocycles. The maximum Gasteiger partial charge on any atom is 0.306 e. The number of ketones is 1. The van der Waals surface area contributed by atoms with Crippen molar-refractivity contribution >= 4 is 29.3 Å². The van der Waals surface area contributed by atoms with E-state index in [0.717, 1.165) is 88.1 Å². The van der Waals surface area contributed by atoms with Crippen LogP contribution in [0.25, 0.3) is 0 Å². The van der Waals surface area contributed by atoms with Gasteiger partial charge in [0.25, 0.3) is 0 Å². The highest BCUT2D eigenvalue weighted by Crippen LogP contribution is 2.76. The Balaban J connectivity index is 1.13. The van der Waals surface area contributed by atoms with Crippen LogP contribution in [0.1, 0.15) is 125 Å². The van der Waals surface area contributed by atoms with Crippen LogP contribution in [0.4, 0.5) is 0 Å². The summed E-state index contributed by atoms with van der Waals surface area (Å²) >= 11 is 6.19. The van der Waals surface area contributed by atoms with Crippen molar-refractivity contribution in [1.29, 1.82) is 0 Å². The highest BCUT2D eigenvalue weighted by molar-refractivity contribution is 6.30. The number of benzene rings is 1. The second-order valence-corrected chi connectivity index (χ2v) is 21.8. The number of likely N-dealkylation sites (N-methyl/N-ethyl adjacent to an activating group) is 1. The first-order valence-corrected chi connectivity index (χ1v) is 23.0. The third-order valence-electron chi connectivity index (χ3n) is 17.4. The Morgan fingerprint density at radius 1 is 0.897 bits per heavy atom. The minimum atomic E-state index is -0.756. The highest BCUT2D eigenvalue weighted by Gasteiger charge is 2.70. The molecule has 0 radical (unpaired) electrons. The molecule has 8 atom stereocenters. The van der Waals surface area contributed by atoms with E-state index in [0.29, 0.717) is 31.2 Å². The average Bonchev–Trinajstić information content (AvgIpc) is 3.48.